The molecule has 0 aromatic carbocycles. The summed E-state index contributed by atoms with van der Waals surface area (Å²) in [5, 5.41) is 23.7. The summed E-state index contributed by atoms with van der Waals surface area (Å²) in [6, 6.07) is 4.06. The number of aromatic nitrogens is 1. The van der Waals surface area contributed by atoms with Crippen molar-refractivity contribution in [3.05, 3.63) is 23.9 Å². The van der Waals surface area contributed by atoms with Crippen LogP contribution in [0, 0.1) is 0 Å². The molecule has 0 atom stereocenters. The van der Waals surface area contributed by atoms with Crippen LogP contribution in [0.4, 0.5) is 5.82 Å². The standard InChI is InChI=1S/C19H30N8OS2/c1-4-20-18(29)25-23-14(3)16(24-26-19(30)21-5-2)12-15-6-7-17(22-13-15)27-8-10-28-11-9-27/h6-7,13H,4-5,8-12H2,1-3H3,(H2,20,25,29)(H2,21,26,30)/b23-14+,24-16+. The zero-order chi connectivity index (χ0) is 21.8. The van der Waals surface area contributed by atoms with Crippen molar-refractivity contribution in [1.29, 1.82) is 0 Å². The molecule has 2 N–H and O–H groups in total. The Hall–Kier alpha value is -2.11. The van der Waals surface area contributed by atoms with E-state index in [1.807, 2.05) is 39.1 Å². The molecule has 1 fully saturated rings. The highest BCUT2D eigenvalue weighted by Gasteiger charge is 2.13. The van der Waals surface area contributed by atoms with E-state index >= 15 is 0 Å². The quantitative estimate of drug-likeness (QED) is 0.210. The predicted octanol–water partition coefficient (Wildman–Crippen LogP) is 1.98. The Labute approximate surface area is 189 Å². The molecule has 1 aliphatic rings. The van der Waals surface area contributed by atoms with Crippen LogP contribution in [-0.2, 0) is 11.2 Å². The number of rotatable bonds is 8. The van der Waals surface area contributed by atoms with Crippen LogP contribution >= 0.6 is 25.3 Å². The van der Waals surface area contributed by atoms with Gasteiger partial charge in [-0.3, -0.25) is 0 Å². The van der Waals surface area contributed by atoms with Crippen LogP contribution < -0.4 is 15.5 Å². The fourth-order valence-corrected chi connectivity index (χ4v) is 3.01. The molecule has 1 aromatic rings. The van der Waals surface area contributed by atoms with E-state index in [9.17, 15) is 0 Å². The van der Waals surface area contributed by atoms with Gasteiger partial charge in [-0.05, 0) is 32.4 Å². The van der Waals surface area contributed by atoms with Gasteiger partial charge >= 0.3 is 0 Å². The highest BCUT2D eigenvalue weighted by atomic mass is 32.1. The van der Waals surface area contributed by atoms with Crippen molar-refractivity contribution in [2.75, 3.05) is 44.3 Å². The largest absolute Gasteiger partial charge is 0.378 e. The molecule has 30 heavy (non-hydrogen) atoms. The lowest BCUT2D eigenvalue weighted by Crippen LogP contribution is -2.36. The van der Waals surface area contributed by atoms with Crippen LogP contribution in [0.3, 0.4) is 0 Å². The van der Waals surface area contributed by atoms with Crippen molar-refractivity contribution in [3.8, 4) is 0 Å². The first kappa shape index (κ1) is 24.2. The molecule has 0 bridgehead atoms. The van der Waals surface area contributed by atoms with E-state index in [2.05, 4.69) is 66.2 Å². The number of morpholine rings is 1. The monoisotopic (exact) mass is 450 g/mol. The lowest BCUT2D eigenvalue weighted by atomic mass is 10.1. The lowest BCUT2D eigenvalue weighted by molar-refractivity contribution is 0.122. The first-order valence-corrected chi connectivity index (χ1v) is 10.8. The molecule has 9 nitrogen and oxygen atoms in total. The molecule has 0 aliphatic carbocycles. The average Bonchev–Trinajstić information content (AvgIpc) is 2.76. The van der Waals surface area contributed by atoms with Gasteiger partial charge in [0.25, 0.3) is 0 Å². The number of thiol groups is 2. The summed E-state index contributed by atoms with van der Waals surface area (Å²) < 4.78 is 5.40. The smallest absolute Gasteiger partial charge is 0.180 e. The number of pyridine rings is 1. The Morgan fingerprint density at radius 2 is 1.67 bits per heavy atom. The van der Waals surface area contributed by atoms with Crippen LogP contribution in [0.1, 0.15) is 26.3 Å². The Bertz CT molecular complexity index is 786. The SMILES string of the molecule is CCN/C(S)=N/N=C(C)/C(Cc1ccc(N2CCOCC2)nc1)=N/N=C(\S)NCC. The zero-order valence-electron chi connectivity index (χ0n) is 17.7. The number of amidine groups is 2. The van der Waals surface area contributed by atoms with Crippen LogP contribution in [-0.4, -0.2) is 66.1 Å². The van der Waals surface area contributed by atoms with Gasteiger partial charge in [0.15, 0.2) is 10.3 Å². The molecule has 0 spiro atoms. The first-order valence-electron chi connectivity index (χ1n) is 9.93. The molecule has 0 unspecified atom stereocenters. The van der Waals surface area contributed by atoms with Crippen molar-refractivity contribution in [2.45, 2.75) is 27.2 Å². The minimum Gasteiger partial charge on any atom is -0.378 e. The Morgan fingerprint density at radius 1 is 1.03 bits per heavy atom. The highest BCUT2D eigenvalue weighted by Crippen LogP contribution is 2.14. The van der Waals surface area contributed by atoms with Gasteiger partial charge in [-0.15, -0.1) is 35.5 Å². The van der Waals surface area contributed by atoms with E-state index in [-0.39, 0.29) is 0 Å². The summed E-state index contributed by atoms with van der Waals surface area (Å²) in [5.41, 5.74) is 2.31. The summed E-state index contributed by atoms with van der Waals surface area (Å²) in [7, 11) is 0. The summed E-state index contributed by atoms with van der Waals surface area (Å²) in [6.07, 6.45) is 2.37. The maximum Gasteiger partial charge on any atom is 0.180 e. The minimum absolute atomic E-state index is 0.439. The van der Waals surface area contributed by atoms with E-state index in [4.69, 9.17) is 4.74 Å². The fourth-order valence-electron chi connectivity index (χ4n) is 2.60. The van der Waals surface area contributed by atoms with Crippen molar-refractivity contribution < 1.29 is 4.74 Å². The van der Waals surface area contributed by atoms with E-state index in [0.717, 1.165) is 44.2 Å². The van der Waals surface area contributed by atoms with Gasteiger partial charge < -0.3 is 20.3 Å². The second kappa shape index (κ2) is 13.2. The second-order valence-corrected chi connectivity index (χ2v) is 7.29. The van der Waals surface area contributed by atoms with Crippen LogP contribution in [0.5, 0.6) is 0 Å². The van der Waals surface area contributed by atoms with Gasteiger partial charge in [0, 0.05) is 38.8 Å². The Kier molecular flexibility index (Phi) is 10.7. The molecule has 2 heterocycles. The van der Waals surface area contributed by atoms with Crippen molar-refractivity contribution in [3.63, 3.8) is 0 Å². The molecule has 0 amide bonds. The van der Waals surface area contributed by atoms with Gasteiger partial charge in [-0.1, -0.05) is 6.07 Å². The minimum atomic E-state index is 0.439. The molecule has 1 saturated heterocycles. The van der Waals surface area contributed by atoms with Crippen molar-refractivity contribution in [2.24, 2.45) is 20.4 Å². The van der Waals surface area contributed by atoms with Gasteiger partial charge in [0.2, 0.25) is 0 Å². The molecule has 11 heteroatoms. The third-order valence-electron chi connectivity index (χ3n) is 4.16. The van der Waals surface area contributed by atoms with Gasteiger partial charge in [-0.25, -0.2) is 4.98 Å². The Morgan fingerprint density at radius 3 is 2.23 bits per heavy atom. The Balaban J connectivity index is 2.19. The maximum absolute atomic E-state index is 5.40. The number of hydrogen-bond acceptors (Lipinski definition) is 7. The lowest BCUT2D eigenvalue weighted by Gasteiger charge is -2.27. The maximum atomic E-state index is 5.40. The van der Waals surface area contributed by atoms with Gasteiger partial charge in [0.05, 0.1) is 24.6 Å². The fraction of sp³-hybridized carbons (Fsp3) is 0.526. The normalized spacial score (nSPS) is 16.6. The van der Waals surface area contributed by atoms with Crippen molar-refractivity contribution in [1.82, 2.24) is 15.6 Å². The van der Waals surface area contributed by atoms with E-state index < -0.39 is 0 Å². The van der Waals surface area contributed by atoms with Crippen molar-refractivity contribution >= 4 is 52.8 Å². The molecule has 0 saturated carbocycles. The summed E-state index contributed by atoms with van der Waals surface area (Å²) >= 11 is 8.52. The number of nitrogens with zero attached hydrogens (tertiary/aromatic N) is 6. The first-order chi connectivity index (χ1) is 14.5. The predicted molar refractivity (Wildman–Crippen MR) is 132 cm³/mol. The van der Waals surface area contributed by atoms with Crippen LogP contribution in [0.15, 0.2) is 38.7 Å². The number of anilines is 1. The molecular weight excluding hydrogens is 420 g/mol. The number of ether oxygens (including phenoxy) is 1. The molecule has 0 radical (unpaired) electrons. The van der Waals surface area contributed by atoms with Crippen LogP contribution in [0.25, 0.3) is 0 Å². The summed E-state index contributed by atoms with van der Waals surface area (Å²) in [4.78, 5) is 6.82. The zero-order valence-corrected chi connectivity index (χ0v) is 19.5. The topological polar surface area (TPSA) is 98.9 Å². The third kappa shape index (κ3) is 8.33. The number of hydrogen-bond donors (Lipinski definition) is 4. The number of nitrogens with one attached hydrogen (secondary N) is 2. The summed E-state index contributed by atoms with van der Waals surface area (Å²) in [6.45, 7) is 10.4. The van der Waals surface area contributed by atoms with E-state index in [1.54, 1.807) is 0 Å². The molecule has 2 rings (SSSR count). The highest BCUT2D eigenvalue weighted by molar-refractivity contribution is 7.97. The van der Waals surface area contributed by atoms with E-state index in [0.29, 0.717) is 34.7 Å². The molecular formula is C19H30N8OS2. The average molecular weight is 451 g/mol. The third-order valence-corrected chi connectivity index (χ3v) is 4.66. The van der Waals surface area contributed by atoms with E-state index in [1.165, 1.54) is 0 Å². The summed E-state index contributed by atoms with van der Waals surface area (Å²) in [5.74, 6) is 0.948. The van der Waals surface area contributed by atoms with Gasteiger partial charge in [-0.2, -0.15) is 10.2 Å². The second-order valence-electron chi connectivity index (χ2n) is 6.44. The molecule has 1 aromatic heterocycles. The van der Waals surface area contributed by atoms with Crippen LogP contribution in [0.2, 0.25) is 0 Å². The molecule has 164 valence electrons. The van der Waals surface area contributed by atoms with Gasteiger partial charge in [0.1, 0.15) is 5.82 Å². The molecule has 1 aliphatic heterocycles.